The molecule has 2 rings (SSSR count). The molecule has 2 amide bonds. The number of nitrogens with zero attached hydrogens (tertiary/aromatic N) is 1. The maximum Gasteiger partial charge on any atom is 0.225 e. The van der Waals surface area contributed by atoms with Crippen LogP contribution >= 0.6 is 0 Å². The van der Waals surface area contributed by atoms with Crippen molar-refractivity contribution in [2.75, 3.05) is 11.1 Å². The second-order valence-corrected chi connectivity index (χ2v) is 5.49. The average Bonchev–Trinajstić information content (AvgIpc) is 3.01. The standard InChI is InChI=1S/C16H20FN5O2/c17-10-5-6-11(13(18)9-10)12(16(19)24)3-1-2-4-15(23)21-14-7-8-20-22-14/h5-9,12H,1-4,18H2,(H2,19,24)(H2,20,21,22,23). The molecule has 128 valence electrons. The first-order chi connectivity index (χ1) is 11.5. The highest BCUT2D eigenvalue weighted by Crippen LogP contribution is 2.27. The Balaban J connectivity index is 1.83. The average molecular weight is 333 g/mol. The zero-order valence-electron chi connectivity index (χ0n) is 13.1. The first-order valence-corrected chi connectivity index (χ1v) is 7.61. The number of nitrogen functional groups attached to an aromatic ring is 1. The van der Waals surface area contributed by atoms with E-state index in [-0.39, 0.29) is 11.6 Å². The molecule has 2 aromatic rings. The Morgan fingerprint density at radius 3 is 2.71 bits per heavy atom. The van der Waals surface area contributed by atoms with Crippen molar-refractivity contribution in [3.05, 3.63) is 41.8 Å². The lowest BCUT2D eigenvalue weighted by Crippen LogP contribution is -2.22. The highest BCUT2D eigenvalue weighted by Gasteiger charge is 2.20. The summed E-state index contributed by atoms with van der Waals surface area (Å²) in [7, 11) is 0. The molecule has 0 aliphatic carbocycles. The molecule has 0 saturated heterocycles. The van der Waals surface area contributed by atoms with E-state index >= 15 is 0 Å². The minimum Gasteiger partial charge on any atom is -0.398 e. The summed E-state index contributed by atoms with van der Waals surface area (Å²) in [6, 6.07) is 5.55. The smallest absolute Gasteiger partial charge is 0.225 e. The molecule has 0 aliphatic rings. The van der Waals surface area contributed by atoms with Crippen molar-refractivity contribution >= 4 is 23.3 Å². The number of rotatable bonds is 8. The quantitative estimate of drug-likeness (QED) is 0.434. The zero-order valence-corrected chi connectivity index (χ0v) is 13.1. The molecule has 0 aliphatic heterocycles. The Bertz CT molecular complexity index is 702. The number of anilines is 2. The van der Waals surface area contributed by atoms with Crippen LogP contribution in [0.25, 0.3) is 0 Å². The zero-order chi connectivity index (χ0) is 17.5. The molecule has 1 aromatic carbocycles. The van der Waals surface area contributed by atoms with Gasteiger partial charge < -0.3 is 16.8 Å². The molecule has 0 radical (unpaired) electrons. The van der Waals surface area contributed by atoms with Gasteiger partial charge in [-0.15, -0.1) is 0 Å². The predicted molar refractivity (Wildman–Crippen MR) is 88.4 cm³/mol. The van der Waals surface area contributed by atoms with Crippen LogP contribution in [-0.4, -0.2) is 22.0 Å². The number of primary amides is 1. The van der Waals surface area contributed by atoms with Crippen molar-refractivity contribution < 1.29 is 14.0 Å². The lowest BCUT2D eigenvalue weighted by molar-refractivity contribution is -0.119. The minimum absolute atomic E-state index is 0.142. The van der Waals surface area contributed by atoms with Crippen LogP contribution in [0.15, 0.2) is 30.5 Å². The molecule has 1 aromatic heterocycles. The maximum atomic E-state index is 13.1. The second kappa shape index (κ2) is 8.09. The van der Waals surface area contributed by atoms with Crippen LogP contribution in [0.4, 0.5) is 15.9 Å². The van der Waals surface area contributed by atoms with Gasteiger partial charge in [0.05, 0.1) is 12.1 Å². The van der Waals surface area contributed by atoms with Crippen LogP contribution in [0.3, 0.4) is 0 Å². The summed E-state index contributed by atoms with van der Waals surface area (Å²) in [5.74, 6) is -1.18. The summed E-state index contributed by atoms with van der Waals surface area (Å²) in [5, 5.41) is 9.04. The monoisotopic (exact) mass is 333 g/mol. The van der Waals surface area contributed by atoms with Crippen LogP contribution in [0.5, 0.6) is 0 Å². The fraction of sp³-hybridized carbons (Fsp3) is 0.312. The van der Waals surface area contributed by atoms with Crippen molar-refractivity contribution in [3.63, 3.8) is 0 Å². The number of amides is 2. The van der Waals surface area contributed by atoms with Crippen molar-refractivity contribution in [1.29, 1.82) is 0 Å². The molecule has 6 N–H and O–H groups in total. The Hall–Kier alpha value is -2.90. The number of nitrogens with two attached hydrogens (primary N) is 2. The molecule has 0 bridgehead atoms. The predicted octanol–water partition coefficient (Wildman–Crippen LogP) is 1.90. The van der Waals surface area contributed by atoms with Gasteiger partial charge in [-0.3, -0.25) is 14.7 Å². The van der Waals surface area contributed by atoms with Gasteiger partial charge in [0.2, 0.25) is 11.8 Å². The molecule has 1 atom stereocenters. The van der Waals surface area contributed by atoms with E-state index in [9.17, 15) is 14.0 Å². The van der Waals surface area contributed by atoms with E-state index in [0.29, 0.717) is 37.1 Å². The lowest BCUT2D eigenvalue weighted by Gasteiger charge is -2.16. The third kappa shape index (κ3) is 4.80. The number of aromatic amines is 1. The molecule has 1 heterocycles. The first kappa shape index (κ1) is 17.5. The largest absolute Gasteiger partial charge is 0.398 e. The Morgan fingerprint density at radius 1 is 1.29 bits per heavy atom. The number of carbonyl (C=O) groups excluding carboxylic acids is 2. The summed E-state index contributed by atoms with van der Waals surface area (Å²) in [6.07, 6.45) is 3.50. The van der Waals surface area contributed by atoms with Crippen molar-refractivity contribution in [2.24, 2.45) is 5.73 Å². The van der Waals surface area contributed by atoms with E-state index in [4.69, 9.17) is 11.5 Å². The van der Waals surface area contributed by atoms with Crippen molar-refractivity contribution in [1.82, 2.24) is 10.2 Å². The summed E-state index contributed by atoms with van der Waals surface area (Å²) >= 11 is 0. The minimum atomic E-state index is -0.596. The molecule has 1 unspecified atom stereocenters. The molecular weight excluding hydrogens is 313 g/mol. The molecular formula is C16H20FN5O2. The van der Waals surface area contributed by atoms with E-state index in [2.05, 4.69) is 15.5 Å². The van der Waals surface area contributed by atoms with Crippen LogP contribution in [0.1, 0.15) is 37.2 Å². The van der Waals surface area contributed by atoms with E-state index < -0.39 is 17.6 Å². The highest BCUT2D eigenvalue weighted by atomic mass is 19.1. The number of benzene rings is 1. The van der Waals surface area contributed by atoms with Crippen LogP contribution in [-0.2, 0) is 9.59 Å². The SMILES string of the molecule is NC(=O)C(CCCCC(=O)Nc1ccn[nH]1)c1ccc(F)cc1N. The van der Waals surface area contributed by atoms with Gasteiger partial charge in [0, 0.05) is 18.2 Å². The molecule has 7 nitrogen and oxygen atoms in total. The maximum absolute atomic E-state index is 13.1. The molecule has 0 fully saturated rings. The van der Waals surface area contributed by atoms with Gasteiger partial charge >= 0.3 is 0 Å². The summed E-state index contributed by atoms with van der Waals surface area (Å²) in [4.78, 5) is 23.4. The topological polar surface area (TPSA) is 127 Å². The Morgan fingerprint density at radius 2 is 2.08 bits per heavy atom. The number of halogens is 1. The van der Waals surface area contributed by atoms with E-state index in [1.165, 1.54) is 18.2 Å². The number of unbranched alkanes of at least 4 members (excludes halogenated alkanes) is 1. The second-order valence-electron chi connectivity index (χ2n) is 5.49. The van der Waals surface area contributed by atoms with E-state index in [1.54, 1.807) is 12.3 Å². The number of nitrogens with one attached hydrogen (secondary N) is 2. The van der Waals surface area contributed by atoms with Crippen molar-refractivity contribution in [3.8, 4) is 0 Å². The van der Waals surface area contributed by atoms with Gasteiger partial charge in [0.15, 0.2) is 0 Å². The van der Waals surface area contributed by atoms with E-state index in [0.717, 1.165) is 0 Å². The first-order valence-electron chi connectivity index (χ1n) is 7.61. The number of hydrogen-bond donors (Lipinski definition) is 4. The summed E-state index contributed by atoms with van der Waals surface area (Å²) < 4.78 is 13.1. The molecule has 8 heteroatoms. The third-order valence-electron chi connectivity index (χ3n) is 3.69. The molecule has 0 spiro atoms. The van der Waals surface area contributed by atoms with Crippen LogP contribution in [0, 0.1) is 5.82 Å². The van der Waals surface area contributed by atoms with Gasteiger partial charge in [-0.1, -0.05) is 12.5 Å². The van der Waals surface area contributed by atoms with Gasteiger partial charge in [0.25, 0.3) is 0 Å². The van der Waals surface area contributed by atoms with Gasteiger partial charge in [-0.2, -0.15) is 5.10 Å². The van der Waals surface area contributed by atoms with Crippen LogP contribution < -0.4 is 16.8 Å². The fourth-order valence-electron chi connectivity index (χ4n) is 2.49. The molecule has 0 saturated carbocycles. The van der Waals surface area contributed by atoms with Gasteiger partial charge in [-0.05, 0) is 30.5 Å². The van der Waals surface area contributed by atoms with Gasteiger partial charge in [-0.25, -0.2) is 4.39 Å². The number of aromatic nitrogens is 2. The Kier molecular flexibility index (Phi) is 5.89. The summed E-state index contributed by atoms with van der Waals surface area (Å²) in [5.41, 5.74) is 11.9. The highest BCUT2D eigenvalue weighted by molar-refractivity contribution is 5.89. The fourth-order valence-corrected chi connectivity index (χ4v) is 2.49. The Labute approximate surface area is 138 Å². The van der Waals surface area contributed by atoms with Gasteiger partial charge in [0.1, 0.15) is 11.6 Å². The number of hydrogen-bond acceptors (Lipinski definition) is 4. The third-order valence-corrected chi connectivity index (χ3v) is 3.69. The number of carbonyl (C=O) groups is 2. The summed E-state index contributed by atoms with van der Waals surface area (Å²) in [6.45, 7) is 0. The normalized spacial score (nSPS) is 11.9. The lowest BCUT2D eigenvalue weighted by atomic mass is 9.91. The van der Waals surface area contributed by atoms with E-state index in [1.807, 2.05) is 0 Å². The van der Waals surface area contributed by atoms with Crippen LogP contribution in [0.2, 0.25) is 0 Å². The molecule has 24 heavy (non-hydrogen) atoms. The number of H-pyrrole nitrogens is 1. The van der Waals surface area contributed by atoms with Crippen molar-refractivity contribution in [2.45, 2.75) is 31.6 Å².